The molecule has 0 saturated carbocycles. The molecule has 3 aromatic rings. The molecule has 3 rings (SSSR count). The number of para-hydroxylation sites is 1. The highest BCUT2D eigenvalue weighted by atomic mass is 79.9. The molecule has 1 aromatic heterocycles. The van der Waals surface area contributed by atoms with Crippen molar-refractivity contribution in [3.8, 4) is 5.69 Å². The summed E-state index contributed by atoms with van der Waals surface area (Å²) in [5.74, 6) is -0.111. The van der Waals surface area contributed by atoms with Crippen LogP contribution in [0.5, 0.6) is 0 Å². The van der Waals surface area contributed by atoms with E-state index in [0.29, 0.717) is 16.1 Å². The molecule has 0 radical (unpaired) electrons. The Morgan fingerprint density at radius 1 is 1.10 bits per heavy atom. The van der Waals surface area contributed by atoms with Crippen LogP contribution in [0, 0.1) is 0 Å². The van der Waals surface area contributed by atoms with Crippen LogP contribution >= 0.6 is 27.5 Å². The fourth-order valence-corrected chi connectivity index (χ4v) is 2.87. The first-order valence-electron chi connectivity index (χ1n) is 6.24. The number of nitrogens with zero attached hydrogens (tertiary/aromatic N) is 2. The summed E-state index contributed by atoms with van der Waals surface area (Å²) in [6.07, 6.45) is 3.27. The summed E-state index contributed by atoms with van der Waals surface area (Å²) in [5.41, 5.74) is 1.96. The van der Waals surface area contributed by atoms with Crippen LogP contribution in [0.2, 0.25) is 5.02 Å². The largest absolute Gasteiger partial charge is 0.288 e. The van der Waals surface area contributed by atoms with E-state index in [-0.39, 0.29) is 5.78 Å². The summed E-state index contributed by atoms with van der Waals surface area (Å²) < 4.78 is 2.45. The van der Waals surface area contributed by atoms with Gasteiger partial charge < -0.3 is 0 Å². The van der Waals surface area contributed by atoms with Crippen molar-refractivity contribution in [1.29, 1.82) is 0 Å². The number of rotatable bonds is 3. The Hall–Kier alpha value is -1.91. The third-order valence-electron chi connectivity index (χ3n) is 2.99. The van der Waals surface area contributed by atoms with Crippen LogP contribution in [0.3, 0.4) is 0 Å². The van der Waals surface area contributed by atoms with Crippen molar-refractivity contribution in [2.45, 2.75) is 0 Å². The van der Waals surface area contributed by atoms with Gasteiger partial charge in [-0.1, -0.05) is 45.7 Å². The van der Waals surface area contributed by atoms with Crippen LogP contribution in [0.4, 0.5) is 0 Å². The summed E-state index contributed by atoms with van der Waals surface area (Å²) >= 11 is 9.32. The van der Waals surface area contributed by atoms with Gasteiger partial charge in [-0.05, 0) is 30.3 Å². The first kappa shape index (κ1) is 14.0. The fourth-order valence-electron chi connectivity index (χ4n) is 2.01. The number of carbonyl (C=O) groups is 1. The molecule has 0 atom stereocenters. The Balaban J connectivity index is 1.94. The minimum Gasteiger partial charge on any atom is -0.288 e. The number of carbonyl (C=O) groups excluding carboxylic acids is 1. The van der Waals surface area contributed by atoms with Gasteiger partial charge >= 0.3 is 0 Å². The first-order valence-corrected chi connectivity index (χ1v) is 7.41. The average Bonchev–Trinajstić information content (AvgIpc) is 2.96. The lowest BCUT2D eigenvalue weighted by Crippen LogP contribution is -2.00. The number of benzene rings is 2. The van der Waals surface area contributed by atoms with Crippen LogP contribution in [0.15, 0.2) is 65.4 Å². The van der Waals surface area contributed by atoms with Crippen LogP contribution in [-0.2, 0) is 0 Å². The van der Waals surface area contributed by atoms with Crippen molar-refractivity contribution in [2.75, 3.05) is 0 Å². The predicted octanol–water partition coefficient (Wildman–Crippen LogP) is 4.52. The van der Waals surface area contributed by atoms with Gasteiger partial charge in [-0.3, -0.25) is 4.79 Å². The van der Waals surface area contributed by atoms with E-state index < -0.39 is 0 Å². The molecule has 0 spiro atoms. The Morgan fingerprint density at radius 3 is 2.57 bits per heavy atom. The van der Waals surface area contributed by atoms with Crippen LogP contribution in [0.25, 0.3) is 5.69 Å². The molecule has 0 aliphatic heterocycles. The van der Waals surface area contributed by atoms with Gasteiger partial charge in [0.25, 0.3) is 0 Å². The molecule has 21 heavy (non-hydrogen) atoms. The van der Waals surface area contributed by atoms with E-state index in [1.807, 2.05) is 30.3 Å². The van der Waals surface area contributed by atoms with E-state index in [2.05, 4.69) is 21.0 Å². The number of hydrogen-bond acceptors (Lipinski definition) is 2. The third-order valence-corrected chi connectivity index (χ3v) is 3.67. The van der Waals surface area contributed by atoms with Crippen LogP contribution < -0.4 is 0 Å². The lowest BCUT2D eigenvalue weighted by molar-refractivity contribution is 0.103. The second-order valence-corrected chi connectivity index (χ2v) is 5.85. The first-order chi connectivity index (χ1) is 10.1. The molecule has 0 unspecified atom stereocenters. The molecular weight excluding hydrogens is 352 g/mol. The molecule has 5 heteroatoms. The van der Waals surface area contributed by atoms with Gasteiger partial charge in [0.2, 0.25) is 0 Å². The van der Waals surface area contributed by atoms with E-state index >= 15 is 0 Å². The molecular formula is C16H10BrClN2O. The quantitative estimate of drug-likeness (QED) is 0.643. The smallest absolute Gasteiger partial charge is 0.196 e. The normalized spacial score (nSPS) is 10.6. The van der Waals surface area contributed by atoms with Crippen molar-refractivity contribution in [1.82, 2.24) is 9.78 Å². The highest BCUT2D eigenvalue weighted by Crippen LogP contribution is 2.22. The maximum Gasteiger partial charge on any atom is 0.196 e. The highest BCUT2D eigenvalue weighted by Gasteiger charge is 2.13. The monoisotopic (exact) mass is 360 g/mol. The van der Waals surface area contributed by atoms with E-state index in [1.165, 1.54) is 0 Å². The van der Waals surface area contributed by atoms with Crippen LogP contribution in [0.1, 0.15) is 15.9 Å². The van der Waals surface area contributed by atoms with Gasteiger partial charge in [0.05, 0.1) is 17.4 Å². The molecule has 1 heterocycles. The summed E-state index contributed by atoms with van der Waals surface area (Å²) in [6, 6.07) is 14.8. The zero-order chi connectivity index (χ0) is 14.8. The van der Waals surface area contributed by atoms with Crippen molar-refractivity contribution in [3.05, 3.63) is 81.5 Å². The summed E-state index contributed by atoms with van der Waals surface area (Å²) in [4.78, 5) is 12.5. The van der Waals surface area contributed by atoms with Gasteiger partial charge in [0, 0.05) is 21.3 Å². The Kier molecular flexibility index (Phi) is 3.90. The fraction of sp³-hybridized carbons (Fsp3) is 0. The third kappa shape index (κ3) is 3.06. The van der Waals surface area contributed by atoms with Crippen molar-refractivity contribution in [2.24, 2.45) is 0 Å². The maximum atomic E-state index is 12.5. The summed E-state index contributed by atoms with van der Waals surface area (Å²) in [6.45, 7) is 0. The van der Waals surface area contributed by atoms with Gasteiger partial charge in [0.1, 0.15) is 0 Å². The van der Waals surface area contributed by atoms with E-state index in [0.717, 1.165) is 10.2 Å². The molecule has 3 nitrogen and oxygen atoms in total. The lowest BCUT2D eigenvalue weighted by Gasteiger charge is -2.01. The second kappa shape index (κ2) is 5.84. The number of ketones is 1. The average molecular weight is 362 g/mol. The SMILES string of the molecule is O=C(c1cc(Cl)cc(Br)c1)c1cnn(-c2ccccc2)c1. The molecule has 0 N–H and O–H groups in total. The molecule has 2 aromatic carbocycles. The van der Waals surface area contributed by atoms with Gasteiger partial charge in [-0.25, -0.2) is 4.68 Å². The zero-order valence-electron chi connectivity index (χ0n) is 10.8. The van der Waals surface area contributed by atoms with Gasteiger partial charge in [0.15, 0.2) is 5.78 Å². The second-order valence-electron chi connectivity index (χ2n) is 4.50. The minimum absolute atomic E-state index is 0.111. The number of hydrogen-bond donors (Lipinski definition) is 0. The molecule has 0 aliphatic carbocycles. The highest BCUT2D eigenvalue weighted by molar-refractivity contribution is 9.10. The Labute approximate surface area is 135 Å². The topological polar surface area (TPSA) is 34.9 Å². The van der Waals surface area contributed by atoms with E-state index in [9.17, 15) is 4.79 Å². The molecule has 0 aliphatic rings. The van der Waals surface area contributed by atoms with Gasteiger partial charge in [-0.2, -0.15) is 5.10 Å². The van der Waals surface area contributed by atoms with Crippen molar-refractivity contribution < 1.29 is 4.79 Å². The van der Waals surface area contributed by atoms with Crippen molar-refractivity contribution in [3.63, 3.8) is 0 Å². The molecule has 0 fully saturated rings. The number of halogens is 2. The Morgan fingerprint density at radius 2 is 1.86 bits per heavy atom. The van der Waals surface area contributed by atoms with Crippen LogP contribution in [-0.4, -0.2) is 15.6 Å². The van der Waals surface area contributed by atoms with E-state index in [1.54, 1.807) is 35.3 Å². The lowest BCUT2D eigenvalue weighted by atomic mass is 10.1. The molecule has 0 saturated heterocycles. The summed E-state index contributed by atoms with van der Waals surface area (Å²) in [7, 11) is 0. The van der Waals surface area contributed by atoms with E-state index in [4.69, 9.17) is 11.6 Å². The Bertz CT molecular complexity index is 779. The van der Waals surface area contributed by atoms with Gasteiger partial charge in [-0.15, -0.1) is 0 Å². The zero-order valence-corrected chi connectivity index (χ0v) is 13.2. The van der Waals surface area contributed by atoms with Crippen molar-refractivity contribution >= 4 is 33.3 Å². The number of aromatic nitrogens is 2. The summed E-state index contributed by atoms with van der Waals surface area (Å²) in [5, 5.41) is 4.75. The molecule has 0 bridgehead atoms. The standard InChI is InChI=1S/C16H10BrClN2O/c17-13-6-11(7-14(18)8-13)16(21)12-9-19-20(10-12)15-4-2-1-3-5-15/h1-10H. The minimum atomic E-state index is -0.111. The maximum absolute atomic E-state index is 12.5. The predicted molar refractivity (Wildman–Crippen MR) is 86.1 cm³/mol. The molecule has 0 amide bonds. The molecule has 104 valence electrons.